The molecule has 0 saturated carbocycles. The van der Waals surface area contributed by atoms with E-state index in [1.807, 2.05) is 62.4 Å². The SMILES string of the molecule is CCOP(=O)(Cc1ccc(/C=C\c2ccc(C#N)cc2)cc1)OCC. The van der Waals surface area contributed by atoms with Crippen LogP contribution in [0.1, 0.15) is 36.1 Å². The van der Waals surface area contributed by atoms with Crippen LogP contribution >= 0.6 is 7.60 Å². The van der Waals surface area contributed by atoms with Crippen LogP contribution in [0.15, 0.2) is 48.5 Å². The molecule has 0 spiro atoms. The van der Waals surface area contributed by atoms with Crippen LogP contribution in [0.5, 0.6) is 0 Å². The molecular weight excluding hydrogens is 333 g/mol. The van der Waals surface area contributed by atoms with Gasteiger partial charge in [-0.1, -0.05) is 48.6 Å². The van der Waals surface area contributed by atoms with Crippen molar-refractivity contribution in [3.63, 3.8) is 0 Å². The lowest BCUT2D eigenvalue weighted by Crippen LogP contribution is -1.99. The molecule has 0 aliphatic carbocycles. The van der Waals surface area contributed by atoms with E-state index in [9.17, 15) is 4.57 Å². The third-order valence-corrected chi connectivity index (χ3v) is 5.57. The molecule has 0 unspecified atom stereocenters. The Morgan fingerprint density at radius 2 is 1.40 bits per heavy atom. The molecule has 2 aromatic carbocycles. The quantitative estimate of drug-likeness (QED) is 0.464. The summed E-state index contributed by atoms with van der Waals surface area (Å²) in [4.78, 5) is 0. The number of nitriles is 1. The Morgan fingerprint density at radius 1 is 0.920 bits per heavy atom. The summed E-state index contributed by atoms with van der Waals surface area (Å²) in [7, 11) is -3.07. The molecule has 0 aromatic heterocycles. The molecule has 25 heavy (non-hydrogen) atoms. The zero-order valence-electron chi connectivity index (χ0n) is 14.5. The van der Waals surface area contributed by atoms with E-state index in [2.05, 4.69) is 6.07 Å². The van der Waals surface area contributed by atoms with Crippen LogP contribution in [0, 0.1) is 11.3 Å². The molecule has 0 fully saturated rings. The van der Waals surface area contributed by atoms with Crippen LogP contribution < -0.4 is 0 Å². The van der Waals surface area contributed by atoms with E-state index < -0.39 is 7.60 Å². The maximum Gasteiger partial charge on any atom is 0.335 e. The maximum absolute atomic E-state index is 12.5. The summed E-state index contributed by atoms with van der Waals surface area (Å²) < 4.78 is 23.2. The highest BCUT2D eigenvalue weighted by Gasteiger charge is 2.23. The normalized spacial score (nSPS) is 11.6. The van der Waals surface area contributed by atoms with Gasteiger partial charge in [-0.2, -0.15) is 5.26 Å². The van der Waals surface area contributed by atoms with Gasteiger partial charge in [-0.05, 0) is 42.7 Å². The number of hydrogen-bond acceptors (Lipinski definition) is 4. The van der Waals surface area contributed by atoms with Crippen molar-refractivity contribution >= 4 is 19.7 Å². The summed E-state index contributed by atoms with van der Waals surface area (Å²) in [5.41, 5.74) is 3.63. The molecular formula is C20H22NO3P. The summed E-state index contributed by atoms with van der Waals surface area (Å²) in [5.74, 6) is 0. The molecule has 0 amide bonds. The van der Waals surface area contributed by atoms with Crippen molar-refractivity contribution in [2.24, 2.45) is 0 Å². The fourth-order valence-corrected chi connectivity index (χ4v) is 4.04. The van der Waals surface area contributed by atoms with Crippen LogP contribution in [0.3, 0.4) is 0 Å². The van der Waals surface area contributed by atoms with Crippen molar-refractivity contribution in [1.82, 2.24) is 0 Å². The smallest absolute Gasteiger partial charge is 0.309 e. The van der Waals surface area contributed by atoms with Gasteiger partial charge in [-0.15, -0.1) is 0 Å². The van der Waals surface area contributed by atoms with Crippen LogP contribution in [0.4, 0.5) is 0 Å². The zero-order valence-corrected chi connectivity index (χ0v) is 15.4. The molecule has 2 rings (SSSR count). The van der Waals surface area contributed by atoms with Gasteiger partial charge in [-0.3, -0.25) is 4.57 Å². The summed E-state index contributed by atoms with van der Waals surface area (Å²) in [6.07, 6.45) is 4.26. The fraction of sp³-hybridized carbons (Fsp3) is 0.250. The van der Waals surface area contributed by atoms with Gasteiger partial charge in [0, 0.05) is 0 Å². The third kappa shape index (κ3) is 5.99. The first-order chi connectivity index (χ1) is 12.1. The molecule has 0 aliphatic rings. The van der Waals surface area contributed by atoms with E-state index in [4.69, 9.17) is 14.3 Å². The monoisotopic (exact) mass is 355 g/mol. The molecule has 0 radical (unpaired) electrons. The van der Waals surface area contributed by atoms with Gasteiger partial charge in [-0.25, -0.2) is 0 Å². The molecule has 0 bridgehead atoms. The summed E-state index contributed by atoms with van der Waals surface area (Å²) in [6.45, 7) is 4.34. The second kappa shape index (κ2) is 9.34. The molecule has 4 nitrogen and oxygen atoms in total. The summed E-state index contributed by atoms with van der Waals surface area (Å²) in [6, 6.07) is 17.3. The molecule has 0 saturated heterocycles. The largest absolute Gasteiger partial charge is 0.335 e. The van der Waals surface area contributed by atoms with Crippen LogP contribution in [0.2, 0.25) is 0 Å². The number of benzene rings is 2. The molecule has 2 aromatic rings. The molecule has 130 valence electrons. The Labute approximate surface area is 149 Å². The van der Waals surface area contributed by atoms with Gasteiger partial charge >= 0.3 is 7.60 Å². The first-order valence-corrected chi connectivity index (χ1v) is 9.96. The highest BCUT2D eigenvalue weighted by atomic mass is 31.2. The van der Waals surface area contributed by atoms with E-state index in [1.165, 1.54) is 0 Å². The van der Waals surface area contributed by atoms with Crippen LogP contribution in [-0.4, -0.2) is 13.2 Å². The summed E-state index contributed by atoms with van der Waals surface area (Å²) >= 11 is 0. The van der Waals surface area contributed by atoms with E-state index in [-0.39, 0.29) is 6.16 Å². The average molecular weight is 355 g/mol. The minimum absolute atomic E-state index is 0.272. The van der Waals surface area contributed by atoms with Crippen molar-refractivity contribution in [2.75, 3.05) is 13.2 Å². The number of nitrogens with zero attached hydrogens (tertiary/aromatic N) is 1. The number of rotatable bonds is 8. The van der Waals surface area contributed by atoms with E-state index in [0.717, 1.165) is 16.7 Å². The highest BCUT2D eigenvalue weighted by Crippen LogP contribution is 2.51. The molecule has 0 atom stereocenters. The Hall–Kier alpha value is -2.18. The lowest BCUT2D eigenvalue weighted by molar-refractivity contribution is 0.219. The first kappa shape index (κ1) is 19.1. The maximum atomic E-state index is 12.5. The van der Waals surface area contributed by atoms with Crippen LogP contribution in [0.25, 0.3) is 12.2 Å². The third-order valence-electron chi connectivity index (χ3n) is 3.52. The predicted molar refractivity (Wildman–Crippen MR) is 101 cm³/mol. The van der Waals surface area contributed by atoms with Crippen molar-refractivity contribution in [1.29, 1.82) is 5.26 Å². The van der Waals surface area contributed by atoms with Gasteiger partial charge in [0.1, 0.15) is 0 Å². The predicted octanol–water partition coefficient (Wildman–Crippen LogP) is 5.49. The molecule has 5 heteroatoms. The Kier molecular flexibility index (Phi) is 7.16. The van der Waals surface area contributed by atoms with Crippen molar-refractivity contribution in [2.45, 2.75) is 20.0 Å². The minimum Gasteiger partial charge on any atom is -0.309 e. The molecule has 0 N–H and O–H groups in total. The Balaban J connectivity index is 2.04. The number of hydrogen-bond donors (Lipinski definition) is 0. The van der Waals surface area contributed by atoms with E-state index in [1.54, 1.807) is 12.1 Å². The van der Waals surface area contributed by atoms with E-state index >= 15 is 0 Å². The second-order valence-electron chi connectivity index (χ2n) is 5.41. The topological polar surface area (TPSA) is 59.3 Å². The standard InChI is InChI=1S/C20H22NO3P/c1-3-23-25(22,24-4-2)16-20-13-9-18(10-14-20)6-5-17-7-11-19(15-21)12-8-17/h5-14H,3-4,16H2,1-2H3/b6-5-. The van der Waals surface area contributed by atoms with Gasteiger partial charge in [0.15, 0.2) is 0 Å². The second-order valence-corrected chi connectivity index (χ2v) is 7.47. The Bertz CT molecular complexity index is 779. The average Bonchev–Trinajstić information content (AvgIpc) is 2.62. The van der Waals surface area contributed by atoms with Gasteiger partial charge in [0.25, 0.3) is 0 Å². The zero-order chi connectivity index (χ0) is 18.1. The van der Waals surface area contributed by atoms with Crippen molar-refractivity contribution in [3.05, 3.63) is 70.8 Å². The highest BCUT2D eigenvalue weighted by molar-refractivity contribution is 7.53. The Morgan fingerprint density at radius 3 is 1.84 bits per heavy atom. The summed E-state index contributed by atoms with van der Waals surface area (Å²) in [5, 5.41) is 8.80. The lowest BCUT2D eigenvalue weighted by Gasteiger charge is -2.16. The molecule has 0 heterocycles. The lowest BCUT2D eigenvalue weighted by atomic mass is 10.1. The van der Waals surface area contributed by atoms with Gasteiger partial charge in [0.05, 0.1) is 31.0 Å². The fourth-order valence-electron chi connectivity index (χ4n) is 2.34. The van der Waals surface area contributed by atoms with Gasteiger partial charge < -0.3 is 9.05 Å². The van der Waals surface area contributed by atoms with E-state index in [0.29, 0.717) is 18.8 Å². The minimum atomic E-state index is -3.07. The van der Waals surface area contributed by atoms with Crippen molar-refractivity contribution in [3.8, 4) is 6.07 Å². The van der Waals surface area contributed by atoms with Gasteiger partial charge in [0.2, 0.25) is 0 Å². The van der Waals surface area contributed by atoms with Crippen LogP contribution in [-0.2, 0) is 19.8 Å². The van der Waals surface area contributed by atoms with Crippen molar-refractivity contribution < 1.29 is 13.6 Å². The molecule has 0 aliphatic heterocycles. The first-order valence-electron chi connectivity index (χ1n) is 8.24.